The number of aromatic nitrogens is 1. The highest BCUT2D eigenvalue weighted by atomic mass is 16.5. The standard InChI is InChI=1S/C25H21N3O5/c1-15-11-18(16(2)28(15)22-10-5-4-9-21(22)25(32)33-3)12-19(14-26)23(29)27-20-8-6-7-17(13-20)24(30)31/h4-13H,1-3H3,(H,27,29)(H,30,31). The van der Waals surface area contributed by atoms with E-state index in [0.717, 1.165) is 11.4 Å². The lowest BCUT2D eigenvalue weighted by molar-refractivity contribution is -0.112. The zero-order chi connectivity index (χ0) is 24.1. The van der Waals surface area contributed by atoms with E-state index >= 15 is 0 Å². The van der Waals surface area contributed by atoms with Crippen molar-refractivity contribution in [1.82, 2.24) is 4.57 Å². The molecule has 1 amide bonds. The smallest absolute Gasteiger partial charge is 0.339 e. The second-order valence-electron chi connectivity index (χ2n) is 7.18. The molecule has 0 bridgehead atoms. The minimum absolute atomic E-state index is 0.0168. The lowest BCUT2D eigenvalue weighted by atomic mass is 10.1. The number of esters is 1. The normalized spacial score (nSPS) is 10.9. The van der Waals surface area contributed by atoms with Crippen LogP contribution in [0.2, 0.25) is 0 Å². The van der Waals surface area contributed by atoms with Gasteiger partial charge in [-0.2, -0.15) is 5.26 Å². The molecule has 0 unspecified atom stereocenters. The van der Waals surface area contributed by atoms with Gasteiger partial charge in [0.2, 0.25) is 0 Å². The van der Waals surface area contributed by atoms with Gasteiger partial charge >= 0.3 is 11.9 Å². The number of para-hydroxylation sites is 1. The molecule has 0 atom stereocenters. The molecule has 0 spiro atoms. The fourth-order valence-corrected chi connectivity index (χ4v) is 3.49. The van der Waals surface area contributed by atoms with Crippen LogP contribution in [0.5, 0.6) is 0 Å². The molecule has 3 aromatic rings. The highest BCUT2D eigenvalue weighted by molar-refractivity contribution is 6.10. The number of aromatic carboxylic acids is 1. The first kappa shape index (κ1) is 23.0. The van der Waals surface area contributed by atoms with Crippen LogP contribution in [0.25, 0.3) is 11.8 Å². The van der Waals surface area contributed by atoms with E-state index in [9.17, 15) is 19.6 Å². The Morgan fingerprint density at radius 3 is 2.48 bits per heavy atom. The average molecular weight is 443 g/mol. The Bertz CT molecular complexity index is 1330. The van der Waals surface area contributed by atoms with Crippen LogP contribution in [-0.4, -0.2) is 34.6 Å². The molecule has 0 aliphatic heterocycles. The molecule has 166 valence electrons. The molecule has 0 saturated carbocycles. The van der Waals surface area contributed by atoms with Crippen LogP contribution in [0.1, 0.15) is 37.7 Å². The average Bonchev–Trinajstić information content (AvgIpc) is 3.09. The van der Waals surface area contributed by atoms with Gasteiger partial charge in [-0.15, -0.1) is 0 Å². The molecule has 8 heteroatoms. The fraction of sp³-hybridized carbons (Fsp3) is 0.120. The van der Waals surface area contributed by atoms with Crippen molar-refractivity contribution in [2.75, 3.05) is 12.4 Å². The highest BCUT2D eigenvalue weighted by Gasteiger charge is 2.18. The summed E-state index contributed by atoms with van der Waals surface area (Å²) < 4.78 is 6.73. The van der Waals surface area contributed by atoms with Gasteiger partial charge in [-0.1, -0.05) is 18.2 Å². The quantitative estimate of drug-likeness (QED) is 0.336. The molecule has 2 N–H and O–H groups in total. The molecular weight excluding hydrogens is 422 g/mol. The number of rotatable bonds is 6. The van der Waals surface area contributed by atoms with E-state index in [-0.39, 0.29) is 16.8 Å². The summed E-state index contributed by atoms with van der Waals surface area (Å²) in [5.74, 6) is -2.27. The van der Waals surface area contributed by atoms with Crippen molar-refractivity contribution in [3.05, 3.63) is 88.2 Å². The number of nitrogens with one attached hydrogen (secondary N) is 1. The summed E-state index contributed by atoms with van der Waals surface area (Å²) in [4.78, 5) is 36.0. The second kappa shape index (κ2) is 9.66. The fourth-order valence-electron chi connectivity index (χ4n) is 3.49. The van der Waals surface area contributed by atoms with Crippen molar-refractivity contribution >= 4 is 29.6 Å². The molecule has 0 aliphatic rings. The number of anilines is 1. The number of carboxylic acids is 1. The van der Waals surface area contributed by atoms with Crippen LogP contribution in [0.4, 0.5) is 5.69 Å². The number of methoxy groups -OCH3 is 1. The largest absolute Gasteiger partial charge is 0.478 e. The number of amides is 1. The predicted molar refractivity (Wildman–Crippen MR) is 122 cm³/mol. The number of nitriles is 1. The third-order valence-electron chi connectivity index (χ3n) is 5.05. The van der Waals surface area contributed by atoms with Crippen molar-refractivity contribution in [3.8, 4) is 11.8 Å². The number of carbonyl (C=O) groups excluding carboxylic acids is 2. The second-order valence-corrected chi connectivity index (χ2v) is 7.18. The third kappa shape index (κ3) is 4.83. The molecule has 8 nitrogen and oxygen atoms in total. The van der Waals surface area contributed by atoms with E-state index in [1.807, 2.05) is 24.5 Å². The number of ether oxygens (including phenoxy) is 1. The molecule has 0 saturated heterocycles. The Labute approximate surface area is 190 Å². The topological polar surface area (TPSA) is 121 Å². The first-order chi connectivity index (χ1) is 15.8. The summed E-state index contributed by atoms with van der Waals surface area (Å²) >= 11 is 0. The summed E-state index contributed by atoms with van der Waals surface area (Å²) in [5, 5.41) is 21.2. The van der Waals surface area contributed by atoms with Gasteiger partial charge in [-0.25, -0.2) is 9.59 Å². The van der Waals surface area contributed by atoms with E-state index in [2.05, 4.69) is 5.32 Å². The number of carbonyl (C=O) groups is 3. The molecule has 1 heterocycles. The minimum atomic E-state index is -1.12. The molecule has 1 aromatic heterocycles. The Kier molecular flexibility index (Phi) is 6.74. The molecule has 0 radical (unpaired) electrons. The van der Waals surface area contributed by atoms with E-state index in [1.54, 1.807) is 30.3 Å². The molecule has 2 aromatic carbocycles. The van der Waals surface area contributed by atoms with Crippen molar-refractivity contribution in [2.24, 2.45) is 0 Å². The molecule has 0 aliphatic carbocycles. The lowest BCUT2D eigenvalue weighted by Gasteiger charge is -2.13. The predicted octanol–water partition coefficient (Wildman–Crippen LogP) is 4.12. The van der Waals surface area contributed by atoms with Gasteiger partial charge in [-0.3, -0.25) is 4.79 Å². The Hall–Kier alpha value is -4.64. The van der Waals surface area contributed by atoms with Gasteiger partial charge in [0.15, 0.2) is 0 Å². The highest BCUT2D eigenvalue weighted by Crippen LogP contribution is 2.26. The summed E-state index contributed by atoms with van der Waals surface area (Å²) in [6.45, 7) is 3.66. The van der Waals surface area contributed by atoms with Gasteiger partial charge in [0, 0.05) is 17.1 Å². The van der Waals surface area contributed by atoms with Crippen molar-refractivity contribution in [1.29, 1.82) is 5.26 Å². The first-order valence-electron chi connectivity index (χ1n) is 9.90. The van der Waals surface area contributed by atoms with E-state index in [1.165, 1.54) is 37.5 Å². The van der Waals surface area contributed by atoms with Crippen LogP contribution in [0, 0.1) is 25.2 Å². The van der Waals surface area contributed by atoms with E-state index in [4.69, 9.17) is 9.84 Å². The maximum absolute atomic E-state index is 12.7. The minimum Gasteiger partial charge on any atom is -0.478 e. The zero-order valence-corrected chi connectivity index (χ0v) is 18.2. The number of hydrogen-bond donors (Lipinski definition) is 2. The lowest BCUT2D eigenvalue weighted by Crippen LogP contribution is -2.14. The summed E-state index contributed by atoms with van der Waals surface area (Å²) in [7, 11) is 1.31. The van der Waals surface area contributed by atoms with Crippen LogP contribution >= 0.6 is 0 Å². The summed E-state index contributed by atoms with van der Waals surface area (Å²) in [6, 6.07) is 16.4. The maximum Gasteiger partial charge on any atom is 0.339 e. The number of carboxylic acid groups (broad SMARTS) is 1. The Morgan fingerprint density at radius 2 is 1.82 bits per heavy atom. The SMILES string of the molecule is COC(=O)c1ccccc1-n1c(C)cc(C=C(C#N)C(=O)Nc2cccc(C(=O)O)c2)c1C. The van der Waals surface area contributed by atoms with Crippen LogP contribution in [0.3, 0.4) is 0 Å². The number of aryl methyl sites for hydroxylation is 1. The third-order valence-corrected chi connectivity index (χ3v) is 5.05. The monoisotopic (exact) mass is 443 g/mol. The van der Waals surface area contributed by atoms with Crippen LogP contribution < -0.4 is 5.32 Å². The molecule has 3 rings (SSSR count). The van der Waals surface area contributed by atoms with Gasteiger partial charge in [0.25, 0.3) is 5.91 Å². The van der Waals surface area contributed by atoms with E-state index in [0.29, 0.717) is 16.8 Å². The van der Waals surface area contributed by atoms with Crippen molar-refractivity contribution < 1.29 is 24.2 Å². The van der Waals surface area contributed by atoms with Crippen molar-refractivity contribution in [3.63, 3.8) is 0 Å². The number of benzene rings is 2. The van der Waals surface area contributed by atoms with Crippen LogP contribution in [0.15, 0.2) is 60.2 Å². The molecular formula is C25H21N3O5. The Balaban J connectivity index is 1.98. The van der Waals surface area contributed by atoms with Gasteiger partial charge in [-0.05, 0) is 61.9 Å². The summed E-state index contributed by atoms with van der Waals surface area (Å²) in [6.07, 6.45) is 1.45. The molecule has 0 fully saturated rings. The summed E-state index contributed by atoms with van der Waals surface area (Å²) in [5.41, 5.74) is 3.26. The maximum atomic E-state index is 12.7. The Morgan fingerprint density at radius 1 is 1.09 bits per heavy atom. The van der Waals surface area contributed by atoms with Gasteiger partial charge in [0.1, 0.15) is 11.6 Å². The van der Waals surface area contributed by atoms with Crippen LogP contribution in [-0.2, 0) is 9.53 Å². The van der Waals surface area contributed by atoms with E-state index < -0.39 is 17.8 Å². The molecule has 33 heavy (non-hydrogen) atoms. The van der Waals surface area contributed by atoms with Crippen molar-refractivity contribution in [2.45, 2.75) is 13.8 Å². The number of nitrogens with zero attached hydrogens (tertiary/aromatic N) is 2. The zero-order valence-electron chi connectivity index (χ0n) is 18.2. The van der Waals surface area contributed by atoms with Gasteiger partial charge in [0.05, 0.1) is 23.9 Å². The first-order valence-corrected chi connectivity index (χ1v) is 9.90. The van der Waals surface area contributed by atoms with Gasteiger partial charge < -0.3 is 19.7 Å². The number of hydrogen-bond acceptors (Lipinski definition) is 5.